The Balaban J connectivity index is 2.10. The summed E-state index contributed by atoms with van der Waals surface area (Å²) in [7, 11) is 1.50. The van der Waals surface area contributed by atoms with Crippen molar-refractivity contribution < 1.29 is 14.7 Å². The molecule has 1 heterocycles. The molecule has 2 amide bonds. The second-order valence-electron chi connectivity index (χ2n) is 5.72. The van der Waals surface area contributed by atoms with Crippen molar-refractivity contribution in [3.63, 3.8) is 0 Å². The van der Waals surface area contributed by atoms with E-state index in [1.165, 1.54) is 19.9 Å². The first-order valence-corrected chi connectivity index (χ1v) is 7.66. The van der Waals surface area contributed by atoms with E-state index in [9.17, 15) is 14.7 Å². The molecule has 1 aromatic carbocycles. The highest BCUT2D eigenvalue weighted by molar-refractivity contribution is 6.09. The van der Waals surface area contributed by atoms with Crippen LogP contribution in [0.1, 0.15) is 66.6 Å². The molecule has 0 aliphatic carbocycles. The molecule has 0 saturated heterocycles. The number of benzene rings is 1. The topological polar surface area (TPSA) is 57.6 Å². The zero-order valence-corrected chi connectivity index (χ0v) is 12.8. The Morgan fingerprint density at radius 3 is 2.71 bits per heavy atom. The van der Waals surface area contributed by atoms with Crippen LogP contribution in [0.3, 0.4) is 0 Å². The van der Waals surface area contributed by atoms with Gasteiger partial charge in [0.2, 0.25) is 5.91 Å². The summed E-state index contributed by atoms with van der Waals surface area (Å²) in [6.07, 6.45) is 4.88. The highest BCUT2D eigenvalue weighted by atomic mass is 16.3. The molecule has 1 aliphatic rings. The third-order valence-corrected chi connectivity index (χ3v) is 4.10. The van der Waals surface area contributed by atoms with Gasteiger partial charge in [-0.2, -0.15) is 0 Å². The van der Waals surface area contributed by atoms with Crippen LogP contribution in [0.25, 0.3) is 0 Å². The number of hydrogen-bond acceptors (Lipinski definition) is 3. The van der Waals surface area contributed by atoms with Gasteiger partial charge in [-0.3, -0.25) is 14.5 Å². The molecule has 0 saturated carbocycles. The van der Waals surface area contributed by atoms with E-state index in [-0.39, 0.29) is 18.2 Å². The Bertz CT molecular complexity index is 539. The number of imide groups is 1. The number of carbonyl (C=O) groups excluding carboxylic acids is 2. The predicted octanol–water partition coefficient (Wildman–Crippen LogP) is 2.85. The van der Waals surface area contributed by atoms with Gasteiger partial charge in [0, 0.05) is 12.6 Å². The smallest absolute Gasteiger partial charge is 0.260 e. The van der Waals surface area contributed by atoms with Crippen molar-refractivity contribution in [3.8, 4) is 0 Å². The van der Waals surface area contributed by atoms with Crippen LogP contribution in [0.15, 0.2) is 18.2 Å². The van der Waals surface area contributed by atoms with Crippen LogP contribution >= 0.6 is 0 Å². The standard InChI is InChI=1S/C17H23NO3/c1-3-4-5-6-7-15(19)13-9-8-12-11-16(20)18(2)17(21)14(12)10-13/h8-10,15,19H,3-7,11H2,1-2H3. The van der Waals surface area contributed by atoms with Crippen molar-refractivity contribution in [2.45, 2.75) is 51.6 Å². The Hall–Kier alpha value is -1.68. The van der Waals surface area contributed by atoms with E-state index < -0.39 is 6.10 Å². The average Bonchev–Trinajstić information content (AvgIpc) is 2.49. The molecule has 0 radical (unpaired) electrons. The number of unbranched alkanes of at least 4 members (excludes halogenated alkanes) is 3. The molecule has 1 atom stereocenters. The van der Waals surface area contributed by atoms with E-state index in [1.807, 2.05) is 6.07 Å². The van der Waals surface area contributed by atoms with Crippen LogP contribution in [0, 0.1) is 0 Å². The summed E-state index contributed by atoms with van der Waals surface area (Å²) >= 11 is 0. The Morgan fingerprint density at radius 2 is 2.00 bits per heavy atom. The number of carbonyl (C=O) groups is 2. The Kier molecular flexibility index (Phi) is 5.12. The van der Waals surface area contributed by atoms with E-state index >= 15 is 0 Å². The third kappa shape index (κ3) is 3.50. The number of amides is 2. The van der Waals surface area contributed by atoms with Crippen molar-refractivity contribution in [2.75, 3.05) is 7.05 Å². The van der Waals surface area contributed by atoms with Crippen molar-refractivity contribution in [3.05, 3.63) is 34.9 Å². The normalized spacial score (nSPS) is 16.0. The fraction of sp³-hybridized carbons (Fsp3) is 0.529. The van der Waals surface area contributed by atoms with Crippen LogP contribution in [-0.4, -0.2) is 28.9 Å². The van der Waals surface area contributed by atoms with Crippen molar-refractivity contribution in [1.29, 1.82) is 0 Å². The van der Waals surface area contributed by atoms with E-state index in [1.54, 1.807) is 12.1 Å². The molecule has 1 N–H and O–H groups in total. The van der Waals surface area contributed by atoms with Gasteiger partial charge in [0.05, 0.1) is 12.5 Å². The molecule has 21 heavy (non-hydrogen) atoms. The summed E-state index contributed by atoms with van der Waals surface area (Å²) in [5.41, 5.74) is 2.06. The van der Waals surface area contributed by atoms with Gasteiger partial charge in [0.15, 0.2) is 0 Å². The maximum absolute atomic E-state index is 12.1. The largest absolute Gasteiger partial charge is 0.388 e. The fourth-order valence-corrected chi connectivity index (χ4v) is 2.66. The first kappa shape index (κ1) is 15.7. The molecular weight excluding hydrogens is 266 g/mol. The molecule has 0 aromatic heterocycles. The highest BCUT2D eigenvalue weighted by Crippen LogP contribution is 2.26. The van der Waals surface area contributed by atoms with Gasteiger partial charge < -0.3 is 5.11 Å². The second kappa shape index (κ2) is 6.85. The van der Waals surface area contributed by atoms with Gasteiger partial charge >= 0.3 is 0 Å². The van der Waals surface area contributed by atoms with Gasteiger partial charge in [0.1, 0.15) is 0 Å². The molecule has 2 rings (SSSR count). The van der Waals surface area contributed by atoms with Crippen LogP contribution in [0.5, 0.6) is 0 Å². The lowest BCUT2D eigenvalue weighted by molar-refractivity contribution is -0.127. The first-order valence-electron chi connectivity index (χ1n) is 7.66. The SMILES string of the molecule is CCCCCCC(O)c1ccc2c(c1)C(=O)N(C)C(=O)C2. The Labute approximate surface area is 125 Å². The molecule has 1 aromatic rings. The third-order valence-electron chi connectivity index (χ3n) is 4.10. The highest BCUT2D eigenvalue weighted by Gasteiger charge is 2.28. The van der Waals surface area contributed by atoms with E-state index in [0.717, 1.165) is 28.9 Å². The summed E-state index contributed by atoms with van der Waals surface area (Å²) in [5, 5.41) is 10.2. The number of rotatable bonds is 6. The van der Waals surface area contributed by atoms with Crippen molar-refractivity contribution in [1.82, 2.24) is 4.90 Å². The van der Waals surface area contributed by atoms with Gasteiger partial charge in [-0.05, 0) is 23.6 Å². The van der Waals surface area contributed by atoms with Crippen LogP contribution in [0.2, 0.25) is 0 Å². The zero-order chi connectivity index (χ0) is 15.4. The van der Waals surface area contributed by atoms with Crippen LogP contribution < -0.4 is 0 Å². The molecule has 0 fully saturated rings. The fourth-order valence-electron chi connectivity index (χ4n) is 2.66. The molecule has 1 unspecified atom stereocenters. The quantitative estimate of drug-likeness (QED) is 0.647. The molecule has 4 nitrogen and oxygen atoms in total. The molecular formula is C17H23NO3. The summed E-state index contributed by atoms with van der Waals surface area (Å²) in [4.78, 5) is 24.9. The van der Waals surface area contributed by atoms with Crippen LogP contribution in [0.4, 0.5) is 0 Å². The summed E-state index contributed by atoms with van der Waals surface area (Å²) in [6, 6.07) is 5.36. The van der Waals surface area contributed by atoms with Gasteiger partial charge in [-0.15, -0.1) is 0 Å². The minimum Gasteiger partial charge on any atom is -0.388 e. The van der Waals surface area contributed by atoms with Crippen molar-refractivity contribution >= 4 is 11.8 Å². The zero-order valence-electron chi connectivity index (χ0n) is 12.8. The first-order chi connectivity index (χ1) is 10.0. The molecule has 114 valence electrons. The monoisotopic (exact) mass is 289 g/mol. The van der Waals surface area contributed by atoms with Crippen molar-refractivity contribution in [2.24, 2.45) is 0 Å². The number of fused-ring (bicyclic) bond motifs is 1. The van der Waals surface area contributed by atoms with E-state index in [0.29, 0.717) is 12.0 Å². The predicted molar refractivity (Wildman–Crippen MR) is 81.0 cm³/mol. The van der Waals surface area contributed by atoms with Crippen LogP contribution in [-0.2, 0) is 11.2 Å². The van der Waals surface area contributed by atoms with Gasteiger partial charge in [0.25, 0.3) is 5.91 Å². The molecule has 1 aliphatic heterocycles. The lowest BCUT2D eigenvalue weighted by Gasteiger charge is -2.24. The lowest BCUT2D eigenvalue weighted by Crippen LogP contribution is -2.39. The Morgan fingerprint density at radius 1 is 1.24 bits per heavy atom. The summed E-state index contributed by atoms with van der Waals surface area (Å²) < 4.78 is 0. The maximum atomic E-state index is 12.1. The molecule has 4 heteroatoms. The number of nitrogens with zero attached hydrogens (tertiary/aromatic N) is 1. The van der Waals surface area contributed by atoms with Gasteiger partial charge in [-0.25, -0.2) is 0 Å². The molecule has 0 bridgehead atoms. The number of aliphatic hydroxyl groups excluding tert-OH is 1. The lowest BCUT2D eigenvalue weighted by atomic mass is 9.93. The minimum absolute atomic E-state index is 0.180. The maximum Gasteiger partial charge on any atom is 0.260 e. The summed E-state index contributed by atoms with van der Waals surface area (Å²) in [6.45, 7) is 2.16. The minimum atomic E-state index is -0.539. The second-order valence-corrected chi connectivity index (χ2v) is 5.72. The average molecular weight is 289 g/mol. The number of likely N-dealkylation sites (N-methyl/N-ethyl adjacent to an activating group) is 1. The number of aliphatic hydroxyl groups is 1. The molecule has 0 spiro atoms. The van der Waals surface area contributed by atoms with E-state index in [4.69, 9.17) is 0 Å². The van der Waals surface area contributed by atoms with E-state index in [2.05, 4.69) is 6.92 Å². The number of hydrogen-bond donors (Lipinski definition) is 1. The summed E-state index contributed by atoms with van der Waals surface area (Å²) in [5.74, 6) is -0.457. The van der Waals surface area contributed by atoms with Gasteiger partial charge in [-0.1, -0.05) is 44.7 Å².